The van der Waals surface area contributed by atoms with Gasteiger partial charge in [0.25, 0.3) is 0 Å². The predicted molar refractivity (Wildman–Crippen MR) is 83.0 cm³/mol. The number of halogens is 1. The Kier molecular flexibility index (Phi) is 4.83. The highest BCUT2D eigenvalue weighted by atomic mass is 79.9. The van der Waals surface area contributed by atoms with Crippen LogP contribution in [0.1, 0.15) is 11.1 Å². The molecule has 0 aromatic heterocycles. The molecule has 2 aromatic rings. The summed E-state index contributed by atoms with van der Waals surface area (Å²) < 4.78 is 30.1. The zero-order valence-corrected chi connectivity index (χ0v) is 13.4. The number of sulfone groups is 1. The zero-order chi connectivity index (χ0) is 14.6. The van der Waals surface area contributed by atoms with E-state index in [2.05, 4.69) is 15.9 Å². The number of rotatable bonds is 5. The molecule has 2 aromatic carbocycles. The molecule has 0 atom stereocenters. The van der Waals surface area contributed by atoms with Crippen molar-refractivity contribution >= 4 is 25.8 Å². The minimum absolute atomic E-state index is 0.0326. The highest BCUT2D eigenvalue weighted by Gasteiger charge is 2.18. The third-order valence-corrected chi connectivity index (χ3v) is 5.27. The first-order valence-electron chi connectivity index (χ1n) is 6.07. The number of hydrogen-bond donors (Lipinski definition) is 0. The molecule has 0 aliphatic rings. The molecular weight excluding hydrogens is 340 g/mol. The van der Waals surface area contributed by atoms with Crippen LogP contribution in [0.5, 0.6) is 5.75 Å². The fourth-order valence-electron chi connectivity index (χ4n) is 2.01. The molecule has 0 fully saturated rings. The predicted octanol–water partition coefficient (Wildman–Crippen LogP) is 3.56. The van der Waals surface area contributed by atoms with Gasteiger partial charge in [0.15, 0.2) is 9.84 Å². The summed E-state index contributed by atoms with van der Waals surface area (Å²) in [6.45, 7) is 0. The quantitative estimate of drug-likeness (QED) is 0.771. The molecule has 0 heterocycles. The van der Waals surface area contributed by atoms with Crippen LogP contribution in [-0.2, 0) is 20.9 Å². The SMILES string of the molecule is COc1cccc(CS(=O)(=O)c2ccccc2)c1CBr. The summed E-state index contributed by atoms with van der Waals surface area (Å²) >= 11 is 3.39. The Morgan fingerprint density at radius 1 is 1.05 bits per heavy atom. The third-order valence-electron chi connectivity index (χ3n) is 3.03. The maximum absolute atomic E-state index is 12.4. The van der Waals surface area contributed by atoms with Crippen molar-refractivity contribution in [3.05, 3.63) is 59.7 Å². The smallest absolute Gasteiger partial charge is 0.182 e. The highest BCUT2D eigenvalue weighted by molar-refractivity contribution is 9.08. The third kappa shape index (κ3) is 3.22. The van der Waals surface area contributed by atoms with Crippen LogP contribution in [0.4, 0.5) is 0 Å². The lowest BCUT2D eigenvalue weighted by Gasteiger charge is -2.12. The number of benzene rings is 2. The van der Waals surface area contributed by atoms with E-state index in [1.54, 1.807) is 43.5 Å². The van der Waals surface area contributed by atoms with E-state index in [1.807, 2.05) is 12.1 Å². The maximum atomic E-state index is 12.4. The number of alkyl halides is 1. The van der Waals surface area contributed by atoms with E-state index in [4.69, 9.17) is 4.74 Å². The van der Waals surface area contributed by atoms with Gasteiger partial charge in [0, 0.05) is 10.9 Å². The second-order valence-electron chi connectivity index (χ2n) is 4.30. The minimum atomic E-state index is -3.35. The topological polar surface area (TPSA) is 43.4 Å². The van der Waals surface area contributed by atoms with Crippen molar-refractivity contribution in [3.8, 4) is 5.75 Å². The van der Waals surface area contributed by atoms with Crippen LogP contribution in [-0.4, -0.2) is 15.5 Å². The Hall–Kier alpha value is -1.33. The molecule has 3 nitrogen and oxygen atoms in total. The van der Waals surface area contributed by atoms with Gasteiger partial charge in [-0.25, -0.2) is 8.42 Å². The van der Waals surface area contributed by atoms with Crippen LogP contribution in [0.2, 0.25) is 0 Å². The Morgan fingerprint density at radius 3 is 2.35 bits per heavy atom. The zero-order valence-electron chi connectivity index (χ0n) is 11.0. The van der Waals surface area contributed by atoms with Crippen LogP contribution in [0.3, 0.4) is 0 Å². The average molecular weight is 355 g/mol. The molecule has 2 rings (SSSR count). The molecule has 0 unspecified atom stereocenters. The molecule has 0 bridgehead atoms. The van der Waals surface area contributed by atoms with Crippen molar-refractivity contribution < 1.29 is 13.2 Å². The van der Waals surface area contributed by atoms with Crippen LogP contribution in [0.15, 0.2) is 53.4 Å². The summed E-state index contributed by atoms with van der Waals surface area (Å²) in [5.41, 5.74) is 1.62. The van der Waals surface area contributed by atoms with Gasteiger partial charge >= 0.3 is 0 Å². The molecule has 106 valence electrons. The van der Waals surface area contributed by atoms with Gasteiger partial charge in [0.2, 0.25) is 0 Å². The first kappa shape index (κ1) is 15.1. The number of hydrogen-bond acceptors (Lipinski definition) is 3. The second-order valence-corrected chi connectivity index (χ2v) is 6.85. The van der Waals surface area contributed by atoms with Crippen molar-refractivity contribution in [2.75, 3.05) is 7.11 Å². The van der Waals surface area contributed by atoms with Crippen molar-refractivity contribution in [2.45, 2.75) is 16.0 Å². The average Bonchev–Trinajstić information content (AvgIpc) is 2.47. The molecule has 0 amide bonds. The molecule has 0 saturated carbocycles. The molecule has 0 N–H and O–H groups in total. The fraction of sp³-hybridized carbons (Fsp3) is 0.200. The lowest BCUT2D eigenvalue weighted by Crippen LogP contribution is -2.07. The van der Waals surface area contributed by atoms with E-state index in [9.17, 15) is 8.42 Å². The Labute approximate surface area is 127 Å². The monoisotopic (exact) mass is 354 g/mol. The van der Waals surface area contributed by atoms with Gasteiger partial charge in [0.1, 0.15) is 5.75 Å². The van der Waals surface area contributed by atoms with Crippen molar-refractivity contribution in [2.24, 2.45) is 0 Å². The largest absolute Gasteiger partial charge is 0.496 e. The van der Waals surface area contributed by atoms with E-state index in [-0.39, 0.29) is 5.75 Å². The molecule has 0 radical (unpaired) electrons. The van der Waals surface area contributed by atoms with Crippen molar-refractivity contribution in [1.29, 1.82) is 0 Å². The second kappa shape index (κ2) is 6.41. The molecule has 0 spiro atoms. The Morgan fingerprint density at radius 2 is 1.75 bits per heavy atom. The van der Waals surface area contributed by atoms with Gasteiger partial charge < -0.3 is 4.74 Å². The maximum Gasteiger partial charge on any atom is 0.182 e. The Bertz CT molecular complexity index is 682. The Balaban J connectivity index is 2.40. The van der Waals surface area contributed by atoms with Crippen molar-refractivity contribution in [3.63, 3.8) is 0 Å². The van der Waals surface area contributed by atoms with E-state index >= 15 is 0 Å². The molecule has 20 heavy (non-hydrogen) atoms. The lowest BCUT2D eigenvalue weighted by molar-refractivity contribution is 0.411. The lowest BCUT2D eigenvalue weighted by atomic mass is 10.1. The minimum Gasteiger partial charge on any atom is -0.496 e. The van der Waals surface area contributed by atoms with E-state index in [0.29, 0.717) is 16.0 Å². The first-order chi connectivity index (χ1) is 9.58. The molecule has 0 aliphatic carbocycles. The van der Waals surface area contributed by atoms with Crippen LogP contribution in [0, 0.1) is 0 Å². The summed E-state index contributed by atoms with van der Waals surface area (Å²) in [6, 6.07) is 13.9. The van der Waals surface area contributed by atoms with Gasteiger partial charge in [-0.15, -0.1) is 0 Å². The van der Waals surface area contributed by atoms with Gasteiger partial charge in [-0.1, -0.05) is 46.3 Å². The first-order valence-corrected chi connectivity index (χ1v) is 8.84. The van der Waals surface area contributed by atoms with E-state index in [0.717, 1.165) is 11.1 Å². The van der Waals surface area contributed by atoms with Gasteiger partial charge in [-0.3, -0.25) is 0 Å². The summed E-state index contributed by atoms with van der Waals surface area (Å²) in [6.07, 6.45) is 0. The number of methoxy groups -OCH3 is 1. The highest BCUT2D eigenvalue weighted by Crippen LogP contribution is 2.27. The number of ether oxygens (including phenoxy) is 1. The van der Waals surface area contributed by atoms with Gasteiger partial charge in [-0.05, 0) is 23.8 Å². The van der Waals surface area contributed by atoms with Crippen LogP contribution >= 0.6 is 15.9 Å². The van der Waals surface area contributed by atoms with Gasteiger partial charge in [0.05, 0.1) is 17.8 Å². The molecule has 0 saturated heterocycles. The summed E-state index contributed by atoms with van der Waals surface area (Å²) in [5.74, 6) is 0.664. The molecule has 5 heteroatoms. The normalized spacial score (nSPS) is 11.3. The van der Waals surface area contributed by atoms with Crippen LogP contribution in [0.25, 0.3) is 0 Å². The van der Waals surface area contributed by atoms with Crippen LogP contribution < -0.4 is 4.74 Å². The standard InChI is InChI=1S/C15H15BrO3S/c1-19-15-9-5-6-12(14(15)10-16)11-20(17,18)13-7-3-2-4-8-13/h2-9H,10-11H2,1H3. The summed E-state index contributed by atoms with van der Waals surface area (Å²) in [5, 5.41) is 0.552. The summed E-state index contributed by atoms with van der Waals surface area (Å²) in [4.78, 5) is 0.336. The molecular formula is C15H15BrO3S. The molecule has 0 aliphatic heterocycles. The summed E-state index contributed by atoms with van der Waals surface area (Å²) in [7, 11) is -1.77. The fourth-order valence-corrected chi connectivity index (χ4v) is 4.06. The van der Waals surface area contributed by atoms with E-state index < -0.39 is 9.84 Å². The van der Waals surface area contributed by atoms with Gasteiger partial charge in [-0.2, -0.15) is 0 Å². The van der Waals surface area contributed by atoms with Crippen molar-refractivity contribution in [1.82, 2.24) is 0 Å². The van der Waals surface area contributed by atoms with E-state index in [1.165, 1.54) is 0 Å².